The lowest BCUT2D eigenvalue weighted by Gasteiger charge is -2.37. The Labute approximate surface area is 124 Å². The van der Waals surface area contributed by atoms with E-state index in [-0.39, 0.29) is 18.6 Å². The second kappa shape index (κ2) is 7.06. The Bertz CT molecular complexity index is 384. The Morgan fingerprint density at radius 2 is 2.00 bits per heavy atom. The average Bonchev–Trinajstić information content (AvgIpc) is 2.49. The molecule has 2 heterocycles. The Kier molecular flexibility index (Phi) is 5.38. The molecule has 8 nitrogen and oxygen atoms in total. The Balaban J connectivity index is 1.83. The third-order valence-electron chi connectivity index (χ3n) is 4.09. The van der Waals surface area contributed by atoms with Gasteiger partial charge in [-0.15, -0.1) is 0 Å². The quantitative estimate of drug-likeness (QED) is 0.565. The highest BCUT2D eigenvalue weighted by molar-refractivity contribution is 5.87. The van der Waals surface area contributed by atoms with Crippen LogP contribution in [-0.2, 0) is 9.63 Å². The number of urea groups is 1. The van der Waals surface area contributed by atoms with E-state index in [2.05, 4.69) is 17.4 Å². The number of hydrogen-bond acceptors (Lipinski definition) is 5. The predicted octanol–water partition coefficient (Wildman–Crippen LogP) is 0.0338. The lowest BCUT2D eigenvalue weighted by molar-refractivity contribution is -0.150. The van der Waals surface area contributed by atoms with Crippen LogP contribution >= 0.6 is 0 Å². The first-order valence-corrected chi connectivity index (χ1v) is 7.44. The van der Waals surface area contributed by atoms with Crippen molar-refractivity contribution in [1.29, 1.82) is 0 Å². The molecular weight excluding hydrogens is 276 g/mol. The highest BCUT2D eigenvalue weighted by Crippen LogP contribution is 2.16. The van der Waals surface area contributed by atoms with Crippen LogP contribution in [0.25, 0.3) is 0 Å². The number of hydroxylamine groups is 3. The molecule has 2 rings (SSSR count). The first kappa shape index (κ1) is 16.0. The number of nitrogens with one attached hydrogen (secondary N) is 1. The minimum atomic E-state index is -0.586. The number of hydrogen-bond donors (Lipinski definition) is 2. The molecule has 0 bridgehead atoms. The van der Waals surface area contributed by atoms with Gasteiger partial charge in [0.15, 0.2) is 0 Å². The van der Waals surface area contributed by atoms with Crippen molar-refractivity contribution in [2.24, 2.45) is 0 Å². The molecular formula is C13H24N4O4. The van der Waals surface area contributed by atoms with Gasteiger partial charge in [-0.25, -0.2) is 15.3 Å². The Morgan fingerprint density at radius 3 is 2.62 bits per heavy atom. The van der Waals surface area contributed by atoms with Crippen molar-refractivity contribution in [3.8, 4) is 0 Å². The molecule has 0 aromatic rings. The predicted molar refractivity (Wildman–Crippen MR) is 74.4 cm³/mol. The summed E-state index contributed by atoms with van der Waals surface area (Å²) in [5, 5.41) is 10.1. The normalized spacial score (nSPS) is 25.3. The minimum Gasteiger partial charge on any atom is -0.311 e. The van der Waals surface area contributed by atoms with Crippen molar-refractivity contribution < 1.29 is 19.6 Å². The third kappa shape index (κ3) is 3.84. The van der Waals surface area contributed by atoms with Crippen molar-refractivity contribution in [1.82, 2.24) is 20.3 Å². The maximum Gasteiger partial charge on any atom is 0.344 e. The van der Waals surface area contributed by atoms with E-state index in [4.69, 9.17) is 4.84 Å². The molecule has 0 saturated carbocycles. The second-order valence-corrected chi connectivity index (χ2v) is 5.58. The van der Waals surface area contributed by atoms with Crippen LogP contribution in [0.3, 0.4) is 0 Å². The monoisotopic (exact) mass is 300 g/mol. The van der Waals surface area contributed by atoms with Crippen LogP contribution in [0.2, 0.25) is 0 Å². The van der Waals surface area contributed by atoms with E-state index >= 15 is 0 Å². The molecule has 2 aliphatic rings. The summed E-state index contributed by atoms with van der Waals surface area (Å²) in [5.74, 6) is -0.322. The number of amides is 3. The van der Waals surface area contributed by atoms with Gasteiger partial charge in [0.25, 0.3) is 5.91 Å². The van der Waals surface area contributed by atoms with Crippen molar-refractivity contribution in [2.45, 2.75) is 38.3 Å². The molecule has 0 aliphatic carbocycles. The van der Waals surface area contributed by atoms with Gasteiger partial charge in [-0.2, -0.15) is 0 Å². The summed E-state index contributed by atoms with van der Waals surface area (Å²) >= 11 is 0. The number of carbonyl (C=O) groups excluding carboxylic acids is 2. The molecule has 2 aliphatic heterocycles. The first-order chi connectivity index (χ1) is 10.0. The van der Waals surface area contributed by atoms with Crippen molar-refractivity contribution in [2.75, 3.05) is 33.2 Å². The molecule has 1 atom stereocenters. The zero-order chi connectivity index (χ0) is 15.4. The van der Waals surface area contributed by atoms with Gasteiger partial charge in [0.1, 0.15) is 6.04 Å². The molecule has 0 spiro atoms. The van der Waals surface area contributed by atoms with Crippen LogP contribution in [-0.4, -0.2) is 77.4 Å². The Morgan fingerprint density at radius 1 is 1.33 bits per heavy atom. The minimum absolute atomic E-state index is 0.0221. The van der Waals surface area contributed by atoms with Crippen molar-refractivity contribution in [3.05, 3.63) is 0 Å². The number of likely N-dealkylation sites (tertiary alicyclic amines) is 1. The van der Waals surface area contributed by atoms with Crippen molar-refractivity contribution >= 4 is 11.9 Å². The molecule has 0 aromatic carbocycles. The van der Waals surface area contributed by atoms with Gasteiger partial charge in [-0.3, -0.25) is 14.8 Å². The van der Waals surface area contributed by atoms with E-state index < -0.39 is 12.1 Å². The first-order valence-electron chi connectivity index (χ1n) is 7.44. The molecule has 21 heavy (non-hydrogen) atoms. The SMILES string of the molecule is CCN1C(=O)N(O)CCC1C(=O)NOC1CCN(C)CC1. The average molecular weight is 300 g/mol. The summed E-state index contributed by atoms with van der Waals surface area (Å²) in [6, 6.07) is -1.12. The fourth-order valence-corrected chi connectivity index (χ4v) is 2.72. The molecule has 2 N–H and O–H groups in total. The fraction of sp³-hybridized carbons (Fsp3) is 0.846. The van der Waals surface area contributed by atoms with E-state index in [1.54, 1.807) is 6.92 Å². The van der Waals surface area contributed by atoms with E-state index in [9.17, 15) is 14.8 Å². The number of piperidine rings is 1. The zero-order valence-electron chi connectivity index (χ0n) is 12.6. The summed E-state index contributed by atoms with van der Waals surface area (Å²) < 4.78 is 0. The van der Waals surface area contributed by atoms with Gasteiger partial charge in [0, 0.05) is 19.6 Å². The Hall–Kier alpha value is -1.38. The topological polar surface area (TPSA) is 85.3 Å². The molecule has 0 aromatic heterocycles. The van der Waals surface area contributed by atoms with Gasteiger partial charge >= 0.3 is 6.03 Å². The standard InChI is InChI=1S/C13H24N4O4/c1-3-16-11(6-9-17(20)13(16)19)12(18)14-21-10-4-7-15(2)8-5-10/h10-11,20H,3-9H2,1-2H3,(H,14,18). The van der Waals surface area contributed by atoms with Crippen LogP contribution < -0.4 is 5.48 Å². The maximum absolute atomic E-state index is 12.2. The second-order valence-electron chi connectivity index (χ2n) is 5.58. The molecule has 2 saturated heterocycles. The molecule has 3 amide bonds. The largest absolute Gasteiger partial charge is 0.344 e. The van der Waals surface area contributed by atoms with Gasteiger partial charge in [-0.1, -0.05) is 0 Å². The van der Waals surface area contributed by atoms with Gasteiger partial charge in [-0.05, 0) is 33.2 Å². The lowest BCUT2D eigenvalue weighted by Crippen LogP contribution is -2.58. The summed E-state index contributed by atoms with van der Waals surface area (Å²) in [6.45, 7) is 4.19. The van der Waals surface area contributed by atoms with Crippen LogP contribution in [0.5, 0.6) is 0 Å². The molecule has 8 heteroatoms. The highest BCUT2D eigenvalue weighted by atomic mass is 16.7. The summed E-state index contributed by atoms with van der Waals surface area (Å²) in [6.07, 6.45) is 2.16. The van der Waals surface area contributed by atoms with E-state index in [1.165, 1.54) is 4.90 Å². The van der Waals surface area contributed by atoms with Gasteiger partial charge in [0.2, 0.25) is 0 Å². The molecule has 2 fully saturated rings. The molecule has 120 valence electrons. The number of nitrogens with zero attached hydrogens (tertiary/aromatic N) is 3. The number of likely N-dealkylation sites (N-methyl/N-ethyl adjacent to an activating group) is 1. The summed E-state index contributed by atoms with van der Waals surface area (Å²) in [4.78, 5) is 33.0. The maximum atomic E-state index is 12.2. The van der Waals surface area contributed by atoms with E-state index in [0.717, 1.165) is 25.9 Å². The van der Waals surface area contributed by atoms with Crippen LogP contribution in [0.1, 0.15) is 26.2 Å². The smallest absolute Gasteiger partial charge is 0.311 e. The van der Waals surface area contributed by atoms with E-state index in [1.807, 2.05) is 0 Å². The lowest BCUT2D eigenvalue weighted by atomic mass is 10.1. The van der Waals surface area contributed by atoms with E-state index in [0.29, 0.717) is 18.0 Å². The number of carbonyl (C=O) groups is 2. The molecule has 0 radical (unpaired) electrons. The van der Waals surface area contributed by atoms with Crippen LogP contribution in [0, 0.1) is 0 Å². The fourth-order valence-electron chi connectivity index (χ4n) is 2.72. The summed E-state index contributed by atoms with van der Waals surface area (Å²) in [7, 11) is 2.06. The van der Waals surface area contributed by atoms with Crippen LogP contribution in [0.4, 0.5) is 4.79 Å². The third-order valence-corrected chi connectivity index (χ3v) is 4.09. The summed E-state index contributed by atoms with van der Waals surface area (Å²) in [5.41, 5.74) is 2.49. The molecule has 1 unspecified atom stereocenters. The van der Waals surface area contributed by atoms with Crippen molar-refractivity contribution in [3.63, 3.8) is 0 Å². The van der Waals surface area contributed by atoms with Gasteiger partial charge < -0.3 is 9.80 Å². The number of rotatable bonds is 4. The van der Waals surface area contributed by atoms with Gasteiger partial charge in [0.05, 0.1) is 12.6 Å². The highest BCUT2D eigenvalue weighted by Gasteiger charge is 2.36. The van der Waals surface area contributed by atoms with Crippen LogP contribution in [0.15, 0.2) is 0 Å². The zero-order valence-corrected chi connectivity index (χ0v) is 12.6.